The molecule has 1 N–H and O–H groups in total. The van der Waals surface area contributed by atoms with E-state index in [9.17, 15) is 26.7 Å². The SMILES string of the molecule is Cc1ccc(S(=O)(=O)C(CCCCCCS(C)(=O)=O)C(=O)O)cc1. The van der Waals surface area contributed by atoms with Crippen LogP contribution in [-0.4, -0.2) is 45.2 Å². The first-order valence-corrected chi connectivity index (χ1v) is 11.4. The van der Waals surface area contributed by atoms with Gasteiger partial charge in [0.05, 0.1) is 4.90 Å². The number of sulfone groups is 2. The third-order valence-electron chi connectivity index (χ3n) is 3.73. The summed E-state index contributed by atoms with van der Waals surface area (Å²) in [5.74, 6) is -1.26. The van der Waals surface area contributed by atoms with Crippen molar-refractivity contribution in [1.82, 2.24) is 0 Å². The van der Waals surface area contributed by atoms with E-state index in [1.165, 1.54) is 18.4 Å². The molecule has 1 aromatic rings. The maximum atomic E-state index is 12.5. The molecule has 1 aromatic carbocycles. The fraction of sp³-hybridized carbons (Fsp3) is 0.562. The minimum Gasteiger partial charge on any atom is -0.480 e. The molecule has 8 heteroatoms. The van der Waals surface area contributed by atoms with Gasteiger partial charge in [-0.3, -0.25) is 4.79 Å². The lowest BCUT2D eigenvalue weighted by atomic mass is 10.1. The van der Waals surface area contributed by atoms with Gasteiger partial charge in [-0.2, -0.15) is 0 Å². The van der Waals surface area contributed by atoms with Crippen molar-refractivity contribution in [3.8, 4) is 0 Å². The number of hydrogen-bond acceptors (Lipinski definition) is 5. The lowest BCUT2D eigenvalue weighted by Crippen LogP contribution is -2.30. The Morgan fingerprint density at radius 1 is 1.00 bits per heavy atom. The van der Waals surface area contributed by atoms with Gasteiger partial charge in [-0.25, -0.2) is 16.8 Å². The number of unbranched alkanes of at least 4 members (excludes halogenated alkanes) is 3. The molecule has 0 saturated carbocycles. The molecule has 0 aliphatic carbocycles. The number of aliphatic carboxylic acids is 1. The monoisotopic (exact) mass is 376 g/mol. The fourth-order valence-electron chi connectivity index (χ4n) is 2.35. The molecular formula is C16H24O6S2. The summed E-state index contributed by atoms with van der Waals surface area (Å²) in [5, 5.41) is 7.80. The van der Waals surface area contributed by atoms with Crippen LogP contribution in [0.2, 0.25) is 0 Å². The van der Waals surface area contributed by atoms with E-state index in [0.717, 1.165) is 5.56 Å². The molecule has 6 nitrogen and oxygen atoms in total. The standard InChI is InChI=1S/C16H24O6S2/c1-13-8-10-14(11-9-13)24(21,22)15(16(17)18)7-5-3-4-6-12-23(2,19)20/h8-11,15H,3-7,12H2,1-2H3,(H,17,18). The van der Waals surface area contributed by atoms with Gasteiger partial charge in [0.1, 0.15) is 9.84 Å². The third-order valence-corrected chi connectivity index (χ3v) is 6.88. The predicted octanol–water partition coefficient (Wildman–Crippen LogP) is 2.22. The van der Waals surface area contributed by atoms with Crippen LogP contribution >= 0.6 is 0 Å². The first-order valence-electron chi connectivity index (χ1n) is 7.75. The smallest absolute Gasteiger partial charge is 0.322 e. The van der Waals surface area contributed by atoms with E-state index in [4.69, 9.17) is 0 Å². The summed E-state index contributed by atoms with van der Waals surface area (Å²) in [6.45, 7) is 1.82. The summed E-state index contributed by atoms with van der Waals surface area (Å²) < 4.78 is 47.0. The Morgan fingerprint density at radius 2 is 1.54 bits per heavy atom. The van der Waals surface area contributed by atoms with Crippen LogP contribution in [0.4, 0.5) is 0 Å². The Bertz CT molecular complexity index is 748. The topological polar surface area (TPSA) is 106 Å². The summed E-state index contributed by atoms with van der Waals surface area (Å²) in [6.07, 6.45) is 3.34. The van der Waals surface area contributed by atoms with Crippen LogP contribution in [0.15, 0.2) is 29.2 Å². The van der Waals surface area contributed by atoms with Crippen molar-refractivity contribution in [3.63, 3.8) is 0 Å². The predicted molar refractivity (Wildman–Crippen MR) is 92.6 cm³/mol. The molecular weight excluding hydrogens is 352 g/mol. The van der Waals surface area contributed by atoms with Gasteiger partial charge < -0.3 is 5.11 Å². The number of carbonyl (C=O) groups is 1. The van der Waals surface area contributed by atoms with Crippen LogP contribution in [-0.2, 0) is 24.5 Å². The van der Waals surface area contributed by atoms with Gasteiger partial charge in [-0.1, -0.05) is 37.0 Å². The summed E-state index contributed by atoms with van der Waals surface area (Å²) >= 11 is 0. The molecule has 0 amide bonds. The number of carboxylic acids is 1. The van der Waals surface area contributed by atoms with E-state index in [1.54, 1.807) is 12.1 Å². The van der Waals surface area contributed by atoms with Crippen LogP contribution in [0.5, 0.6) is 0 Å². The van der Waals surface area contributed by atoms with Gasteiger partial charge in [0.15, 0.2) is 15.1 Å². The highest BCUT2D eigenvalue weighted by Gasteiger charge is 2.33. The lowest BCUT2D eigenvalue weighted by molar-refractivity contribution is -0.136. The molecule has 0 aromatic heterocycles. The number of benzene rings is 1. The molecule has 0 radical (unpaired) electrons. The largest absolute Gasteiger partial charge is 0.480 e. The normalized spacial score (nSPS) is 13.6. The third kappa shape index (κ3) is 6.60. The van der Waals surface area contributed by atoms with Gasteiger partial charge in [0, 0.05) is 12.0 Å². The van der Waals surface area contributed by atoms with E-state index in [-0.39, 0.29) is 17.1 Å². The molecule has 0 spiro atoms. The highest BCUT2D eigenvalue weighted by atomic mass is 32.2. The van der Waals surface area contributed by atoms with Gasteiger partial charge in [-0.05, 0) is 31.9 Å². The zero-order valence-corrected chi connectivity index (χ0v) is 15.6. The quantitative estimate of drug-likeness (QED) is 0.628. The second-order valence-corrected chi connectivity index (χ2v) is 10.4. The number of rotatable bonds is 10. The molecule has 0 aliphatic heterocycles. The Kier molecular flexibility index (Phi) is 7.41. The van der Waals surface area contributed by atoms with Crippen molar-refractivity contribution in [2.24, 2.45) is 0 Å². The van der Waals surface area contributed by atoms with Crippen molar-refractivity contribution in [2.75, 3.05) is 12.0 Å². The van der Waals surface area contributed by atoms with Crippen LogP contribution in [0.3, 0.4) is 0 Å². The van der Waals surface area contributed by atoms with E-state index in [2.05, 4.69) is 0 Å². The number of hydrogen-bond donors (Lipinski definition) is 1. The Hall–Kier alpha value is -1.41. The van der Waals surface area contributed by atoms with Gasteiger partial charge in [-0.15, -0.1) is 0 Å². The van der Waals surface area contributed by atoms with Crippen LogP contribution in [0.25, 0.3) is 0 Å². The number of aryl methyl sites for hydroxylation is 1. The fourth-order valence-corrected chi connectivity index (χ4v) is 4.67. The van der Waals surface area contributed by atoms with Crippen molar-refractivity contribution in [1.29, 1.82) is 0 Å². The summed E-state index contributed by atoms with van der Waals surface area (Å²) in [7, 11) is -6.92. The Balaban J connectivity index is 2.64. The maximum absolute atomic E-state index is 12.5. The average molecular weight is 376 g/mol. The van der Waals surface area contributed by atoms with Crippen molar-refractivity contribution in [3.05, 3.63) is 29.8 Å². The van der Waals surface area contributed by atoms with E-state index < -0.39 is 30.9 Å². The Morgan fingerprint density at radius 3 is 2.04 bits per heavy atom. The minimum absolute atomic E-state index is 0.0116. The first-order chi connectivity index (χ1) is 11.0. The second kappa shape index (κ2) is 8.62. The molecule has 1 atom stereocenters. The number of carboxylic acid groups (broad SMARTS) is 1. The van der Waals surface area contributed by atoms with Gasteiger partial charge in [0.25, 0.3) is 0 Å². The highest BCUT2D eigenvalue weighted by molar-refractivity contribution is 7.92. The molecule has 0 saturated heterocycles. The van der Waals surface area contributed by atoms with Crippen LogP contribution in [0.1, 0.15) is 37.7 Å². The second-order valence-electron chi connectivity index (χ2n) is 6.02. The van der Waals surface area contributed by atoms with Gasteiger partial charge in [0.2, 0.25) is 0 Å². The zero-order chi connectivity index (χ0) is 18.4. The molecule has 0 bridgehead atoms. The molecule has 24 heavy (non-hydrogen) atoms. The van der Waals surface area contributed by atoms with Gasteiger partial charge >= 0.3 is 5.97 Å². The highest BCUT2D eigenvalue weighted by Crippen LogP contribution is 2.21. The van der Waals surface area contributed by atoms with Crippen molar-refractivity contribution < 1.29 is 26.7 Å². The van der Waals surface area contributed by atoms with Crippen molar-refractivity contribution in [2.45, 2.75) is 49.2 Å². The molecule has 0 heterocycles. The summed E-state index contributed by atoms with van der Waals surface area (Å²) in [6, 6.07) is 6.12. The van der Waals surface area contributed by atoms with E-state index in [0.29, 0.717) is 25.7 Å². The lowest BCUT2D eigenvalue weighted by Gasteiger charge is -2.14. The molecule has 1 rings (SSSR count). The van der Waals surface area contributed by atoms with E-state index >= 15 is 0 Å². The first kappa shape index (κ1) is 20.6. The van der Waals surface area contributed by atoms with Crippen LogP contribution < -0.4 is 0 Å². The Labute approximate surface area is 143 Å². The van der Waals surface area contributed by atoms with Crippen LogP contribution in [0, 0.1) is 6.92 Å². The molecule has 136 valence electrons. The maximum Gasteiger partial charge on any atom is 0.322 e. The van der Waals surface area contributed by atoms with E-state index in [1.807, 2.05) is 6.92 Å². The van der Waals surface area contributed by atoms with Crippen molar-refractivity contribution >= 4 is 25.6 Å². The minimum atomic E-state index is -3.93. The summed E-state index contributed by atoms with van der Waals surface area (Å²) in [5.41, 5.74) is 0.895. The summed E-state index contributed by atoms with van der Waals surface area (Å²) in [4.78, 5) is 11.4. The molecule has 1 unspecified atom stereocenters. The molecule has 0 aliphatic rings. The average Bonchev–Trinajstić information content (AvgIpc) is 2.45. The molecule has 0 fully saturated rings. The zero-order valence-electron chi connectivity index (χ0n) is 13.9.